The molecule has 0 heterocycles. The molecule has 0 atom stereocenters. The van der Waals surface area contributed by atoms with Crippen LogP contribution in [0, 0.1) is 11.3 Å². The van der Waals surface area contributed by atoms with Crippen molar-refractivity contribution in [3.8, 4) is 6.07 Å². The molecule has 2 aromatic carbocycles. The van der Waals surface area contributed by atoms with Gasteiger partial charge in [0.2, 0.25) is 0 Å². The van der Waals surface area contributed by atoms with E-state index >= 15 is 0 Å². The van der Waals surface area contributed by atoms with Crippen molar-refractivity contribution in [3.05, 3.63) is 70.2 Å². The van der Waals surface area contributed by atoms with Crippen LogP contribution < -0.4 is 5.32 Å². The van der Waals surface area contributed by atoms with Gasteiger partial charge in [-0.15, -0.1) is 0 Å². The van der Waals surface area contributed by atoms with Gasteiger partial charge in [-0.1, -0.05) is 23.7 Å². The van der Waals surface area contributed by atoms with E-state index in [4.69, 9.17) is 21.6 Å². The number of hydrogen-bond acceptors (Lipinski definition) is 4. The summed E-state index contributed by atoms with van der Waals surface area (Å²) in [5.41, 5.74) is 1.61. The van der Waals surface area contributed by atoms with Crippen molar-refractivity contribution in [2.45, 2.75) is 6.61 Å². The molecule has 0 bridgehead atoms. The molecule has 0 aliphatic rings. The van der Waals surface area contributed by atoms with Crippen molar-refractivity contribution in [2.24, 2.45) is 0 Å². The maximum atomic E-state index is 11.8. The zero-order chi connectivity index (χ0) is 16.7. The molecule has 2 aromatic rings. The molecule has 1 N–H and O–H groups in total. The number of ether oxygens (including phenoxy) is 1. The van der Waals surface area contributed by atoms with E-state index < -0.39 is 5.97 Å². The van der Waals surface area contributed by atoms with E-state index in [-0.39, 0.29) is 19.1 Å². The lowest BCUT2D eigenvalue weighted by Gasteiger charge is -2.07. The molecule has 116 valence electrons. The minimum Gasteiger partial charge on any atom is -0.460 e. The van der Waals surface area contributed by atoms with Gasteiger partial charge in [0, 0.05) is 10.6 Å². The topological polar surface area (TPSA) is 79.2 Å². The molecule has 6 heteroatoms. The van der Waals surface area contributed by atoms with E-state index in [0.717, 1.165) is 0 Å². The van der Waals surface area contributed by atoms with E-state index in [1.807, 2.05) is 6.07 Å². The number of benzene rings is 2. The Labute approximate surface area is 138 Å². The summed E-state index contributed by atoms with van der Waals surface area (Å²) >= 11 is 5.74. The molecule has 0 unspecified atom stereocenters. The third kappa shape index (κ3) is 5.13. The second-order valence-corrected chi connectivity index (χ2v) is 5.10. The number of rotatable bonds is 5. The molecule has 5 nitrogen and oxygen atoms in total. The Morgan fingerprint density at radius 2 is 1.91 bits per heavy atom. The van der Waals surface area contributed by atoms with Crippen molar-refractivity contribution in [1.29, 1.82) is 5.26 Å². The highest BCUT2D eigenvalue weighted by atomic mass is 35.5. The normalized spacial score (nSPS) is 9.74. The van der Waals surface area contributed by atoms with Crippen LogP contribution in [0.5, 0.6) is 0 Å². The van der Waals surface area contributed by atoms with Crippen LogP contribution in [0.1, 0.15) is 21.5 Å². The lowest BCUT2D eigenvalue weighted by Crippen LogP contribution is -2.30. The lowest BCUT2D eigenvalue weighted by atomic mass is 10.1. The first-order valence-electron chi connectivity index (χ1n) is 6.77. The van der Waals surface area contributed by atoms with Crippen molar-refractivity contribution in [1.82, 2.24) is 5.32 Å². The number of carbonyl (C=O) groups excluding carboxylic acids is 2. The van der Waals surface area contributed by atoms with Gasteiger partial charge in [-0.3, -0.25) is 9.59 Å². The molecule has 2 rings (SSSR count). The summed E-state index contributed by atoms with van der Waals surface area (Å²) < 4.78 is 5.05. The molecule has 0 aromatic heterocycles. The van der Waals surface area contributed by atoms with Gasteiger partial charge >= 0.3 is 5.97 Å². The van der Waals surface area contributed by atoms with Gasteiger partial charge in [-0.2, -0.15) is 5.26 Å². The van der Waals surface area contributed by atoms with E-state index in [1.165, 1.54) is 0 Å². The predicted molar refractivity (Wildman–Crippen MR) is 84.7 cm³/mol. The van der Waals surface area contributed by atoms with Crippen LogP contribution in [-0.4, -0.2) is 18.4 Å². The third-order valence-corrected chi connectivity index (χ3v) is 3.21. The standard InChI is InChI=1S/C17H13ClN2O3/c18-15-6-4-14(5-7-15)17(22)20-10-16(21)23-11-13-3-1-2-12(8-13)9-19/h1-8H,10-11H2,(H,20,22). The summed E-state index contributed by atoms with van der Waals surface area (Å²) in [4.78, 5) is 23.5. The van der Waals surface area contributed by atoms with Crippen LogP contribution in [0.4, 0.5) is 0 Å². The molecule has 0 aliphatic carbocycles. The number of nitriles is 1. The number of carbonyl (C=O) groups is 2. The highest BCUT2D eigenvalue weighted by Gasteiger charge is 2.09. The monoisotopic (exact) mass is 328 g/mol. The van der Waals surface area contributed by atoms with Crippen molar-refractivity contribution >= 4 is 23.5 Å². The summed E-state index contributed by atoms with van der Waals surface area (Å²) in [7, 11) is 0. The molecule has 0 saturated heterocycles. The Morgan fingerprint density at radius 1 is 1.17 bits per heavy atom. The van der Waals surface area contributed by atoms with E-state index in [2.05, 4.69) is 5.32 Å². The number of hydrogen-bond donors (Lipinski definition) is 1. The minimum atomic E-state index is -0.560. The van der Waals surface area contributed by atoms with Crippen molar-refractivity contribution in [3.63, 3.8) is 0 Å². The van der Waals surface area contributed by atoms with Crippen LogP contribution >= 0.6 is 11.6 Å². The summed E-state index contributed by atoms with van der Waals surface area (Å²) in [6, 6.07) is 15.1. The fraction of sp³-hybridized carbons (Fsp3) is 0.118. The summed E-state index contributed by atoms with van der Waals surface area (Å²) in [5, 5.41) is 11.8. The minimum absolute atomic E-state index is 0.0468. The quantitative estimate of drug-likeness (QED) is 0.856. The highest BCUT2D eigenvalue weighted by molar-refractivity contribution is 6.30. The number of nitrogens with zero attached hydrogens (tertiary/aromatic N) is 1. The van der Waals surface area contributed by atoms with Gasteiger partial charge in [-0.25, -0.2) is 0 Å². The largest absolute Gasteiger partial charge is 0.460 e. The zero-order valence-electron chi connectivity index (χ0n) is 12.1. The fourth-order valence-electron chi connectivity index (χ4n) is 1.80. The van der Waals surface area contributed by atoms with Gasteiger partial charge in [0.1, 0.15) is 13.2 Å². The summed E-state index contributed by atoms with van der Waals surface area (Å²) in [6.45, 7) is -0.190. The zero-order valence-corrected chi connectivity index (χ0v) is 12.8. The van der Waals surface area contributed by atoms with Gasteiger partial charge in [-0.05, 0) is 42.0 Å². The number of nitrogens with one attached hydrogen (secondary N) is 1. The van der Waals surface area contributed by atoms with E-state index in [0.29, 0.717) is 21.7 Å². The number of halogens is 1. The second-order valence-electron chi connectivity index (χ2n) is 4.66. The average molecular weight is 329 g/mol. The van der Waals surface area contributed by atoms with Gasteiger partial charge in [0.05, 0.1) is 11.6 Å². The van der Waals surface area contributed by atoms with Crippen molar-refractivity contribution in [2.75, 3.05) is 6.54 Å². The van der Waals surface area contributed by atoms with Crippen LogP contribution in [0.2, 0.25) is 5.02 Å². The second kappa shape index (κ2) is 7.97. The van der Waals surface area contributed by atoms with Crippen molar-refractivity contribution < 1.29 is 14.3 Å². The smallest absolute Gasteiger partial charge is 0.325 e. The van der Waals surface area contributed by atoms with Gasteiger partial charge < -0.3 is 10.1 Å². The molecular weight excluding hydrogens is 316 g/mol. The first kappa shape index (κ1) is 16.5. The SMILES string of the molecule is N#Cc1cccc(COC(=O)CNC(=O)c2ccc(Cl)cc2)c1. The first-order chi connectivity index (χ1) is 11.1. The van der Waals surface area contributed by atoms with E-state index in [1.54, 1.807) is 48.5 Å². The van der Waals surface area contributed by atoms with Gasteiger partial charge in [0.25, 0.3) is 5.91 Å². The van der Waals surface area contributed by atoms with Crippen LogP contribution in [0.25, 0.3) is 0 Å². The maximum Gasteiger partial charge on any atom is 0.325 e. The fourth-order valence-corrected chi connectivity index (χ4v) is 1.93. The molecule has 0 radical (unpaired) electrons. The summed E-state index contributed by atoms with van der Waals surface area (Å²) in [5.74, 6) is -0.945. The highest BCUT2D eigenvalue weighted by Crippen LogP contribution is 2.09. The van der Waals surface area contributed by atoms with Crippen LogP contribution in [-0.2, 0) is 16.1 Å². The van der Waals surface area contributed by atoms with Crippen LogP contribution in [0.3, 0.4) is 0 Å². The summed E-state index contributed by atoms with van der Waals surface area (Å²) in [6.07, 6.45) is 0. The Morgan fingerprint density at radius 3 is 2.61 bits per heavy atom. The molecule has 0 aliphatic heterocycles. The third-order valence-electron chi connectivity index (χ3n) is 2.96. The Kier molecular flexibility index (Phi) is 5.73. The maximum absolute atomic E-state index is 11.8. The molecule has 0 fully saturated rings. The predicted octanol–water partition coefficient (Wildman–Crippen LogP) is 2.68. The van der Waals surface area contributed by atoms with Crippen LogP contribution in [0.15, 0.2) is 48.5 Å². The van der Waals surface area contributed by atoms with Gasteiger partial charge in [0.15, 0.2) is 0 Å². The number of esters is 1. The molecule has 0 saturated carbocycles. The van der Waals surface area contributed by atoms with E-state index in [9.17, 15) is 9.59 Å². The Bertz CT molecular complexity index is 751. The Hall–Kier alpha value is -2.84. The molecular formula is C17H13ClN2O3. The molecule has 1 amide bonds. The Balaban J connectivity index is 1.79. The first-order valence-corrected chi connectivity index (χ1v) is 7.14. The molecule has 23 heavy (non-hydrogen) atoms. The molecule has 0 spiro atoms. The average Bonchev–Trinajstić information content (AvgIpc) is 2.58. The lowest BCUT2D eigenvalue weighted by molar-refractivity contribution is -0.143. The number of amides is 1.